The maximum Gasteiger partial charge on any atom is 0.260 e. The molecule has 84 valence electrons. The van der Waals surface area contributed by atoms with Gasteiger partial charge in [0, 0.05) is 24.1 Å². The van der Waals surface area contributed by atoms with Crippen molar-refractivity contribution in [3.63, 3.8) is 0 Å². The SMILES string of the molecule is Cn1cnc(S(=O)(=O)NC2(CBr)CC2)c1. The Labute approximate surface area is 97.1 Å². The second kappa shape index (κ2) is 3.57. The van der Waals surface area contributed by atoms with E-state index in [0.717, 1.165) is 12.8 Å². The number of nitrogens with zero attached hydrogens (tertiary/aromatic N) is 2. The van der Waals surface area contributed by atoms with Crippen LogP contribution < -0.4 is 4.72 Å². The van der Waals surface area contributed by atoms with Crippen molar-refractivity contribution in [3.05, 3.63) is 12.5 Å². The summed E-state index contributed by atoms with van der Waals surface area (Å²) in [5.74, 6) is 0. The fourth-order valence-corrected chi connectivity index (χ4v) is 3.61. The van der Waals surface area contributed by atoms with Crippen LogP contribution in [0.5, 0.6) is 0 Å². The third-order valence-electron chi connectivity index (χ3n) is 2.42. The Hall–Kier alpha value is -0.400. The highest BCUT2D eigenvalue weighted by Crippen LogP contribution is 2.38. The molecule has 0 unspecified atom stereocenters. The largest absolute Gasteiger partial charge is 0.339 e. The topological polar surface area (TPSA) is 64.0 Å². The van der Waals surface area contributed by atoms with Crippen LogP contribution in [0.3, 0.4) is 0 Å². The van der Waals surface area contributed by atoms with Gasteiger partial charge in [0.2, 0.25) is 0 Å². The van der Waals surface area contributed by atoms with Gasteiger partial charge in [-0.2, -0.15) is 0 Å². The molecule has 0 amide bonds. The molecule has 0 aliphatic heterocycles. The average Bonchev–Trinajstić information content (AvgIpc) is 2.78. The predicted octanol–water partition coefficient (Wildman–Crippen LogP) is 0.626. The highest BCUT2D eigenvalue weighted by molar-refractivity contribution is 9.09. The molecule has 1 aromatic heterocycles. The number of hydrogen-bond acceptors (Lipinski definition) is 3. The molecule has 1 heterocycles. The van der Waals surface area contributed by atoms with E-state index >= 15 is 0 Å². The number of aromatic nitrogens is 2. The summed E-state index contributed by atoms with van der Waals surface area (Å²) < 4.78 is 28.0. The van der Waals surface area contributed by atoms with Gasteiger partial charge in [0.1, 0.15) is 0 Å². The maximum absolute atomic E-state index is 11.9. The van der Waals surface area contributed by atoms with Crippen LogP contribution in [0.2, 0.25) is 0 Å². The van der Waals surface area contributed by atoms with E-state index in [9.17, 15) is 8.42 Å². The first-order valence-corrected chi connectivity index (χ1v) is 7.16. The van der Waals surface area contributed by atoms with E-state index in [2.05, 4.69) is 25.6 Å². The van der Waals surface area contributed by atoms with E-state index < -0.39 is 10.0 Å². The lowest BCUT2D eigenvalue weighted by Crippen LogP contribution is -2.38. The lowest BCUT2D eigenvalue weighted by atomic mass is 10.4. The van der Waals surface area contributed by atoms with E-state index in [1.165, 1.54) is 12.5 Å². The Morgan fingerprint density at radius 1 is 1.67 bits per heavy atom. The molecule has 2 rings (SSSR count). The number of nitrogens with one attached hydrogen (secondary N) is 1. The Morgan fingerprint density at radius 3 is 2.73 bits per heavy atom. The minimum atomic E-state index is -3.46. The highest BCUT2D eigenvalue weighted by Gasteiger charge is 2.45. The molecule has 1 aliphatic carbocycles. The molecule has 7 heteroatoms. The Bertz CT molecular complexity index is 464. The van der Waals surface area contributed by atoms with Crippen molar-refractivity contribution in [3.8, 4) is 0 Å². The molecule has 15 heavy (non-hydrogen) atoms. The van der Waals surface area contributed by atoms with Crippen molar-refractivity contribution < 1.29 is 8.42 Å². The van der Waals surface area contributed by atoms with Crippen LogP contribution in [-0.4, -0.2) is 28.8 Å². The van der Waals surface area contributed by atoms with Gasteiger partial charge < -0.3 is 4.57 Å². The summed E-state index contributed by atoms with van der Waals surface area (Å²) in [6, 6.07) is 0. The van der Waals surface area contributed by atoms with E-state index in [0.29, 0.717) is 5.33 Å². The van der Waals surface area contributed by atoms with Gasteiger partial charge in [-0.25, -0.2) is 18.1 Å². The summed E-state index contributed by atoms with van der Waals surface area (Å²) in [6.07, 6.45) is 4.73. The van der Waals surface area contributed by atoms with E-state index in [4.69, 9.17) is 0 Å². The second-order valence-electron chi connectivity index (χ2n) is 3.90. The van der Waals surface area contributed by atoms with E-state index in [-0.39, 0.29) is 10.6 Å². The van der Waals surface area contributed by atoms with Crippen molar-refractivity contribution in [2.75, 3.05) is 5.33 Å². The lowest BCUT2D eigenvalue weighted by molar-refractivity contribution is 0.558. The van der Waals surface area contributed by atoms with Crippen LogP contribution >= 0.6 is 15.9 Å². The van der Waals surface area contributed by atoms with Crippen LogP contribution in [0, 0.1) is 0 Å². The summed E-state index contributed by atoms with van der Waals surface area (Å²) in [6.45, 7) is 0. The molecular weight excluding hydrogens is 282 g/mol. The number of imidazole rings is 1. The normalized spacial score (nSPS) is 19.1. The summed E-state index contributed by atoms with van der Waals surface area (Å²) in [5.41, 5.74) is -0.281. The zero-order chi connectivity index (χ0) is 11.1. The quantitative estimate of drug-likeness (QED) is 0.828. The number of sulfonamides is 1. The van der Waals surface area contributed by atoms with Crippen LogP contribution in [0.25, 0.3) is 0 Å². The van der Waals surface area contributed by atoms with Gasteiger partial charge in [0.15, 0.2) is 5.03 Å². The number of aryl methyl sites for hydroxylation is 1. The highest BCUT2D eigenvalue weighted by atomic mass is 79.9. The predicted molar refractivity (Wildman–Crippen MR) is 59.3 cm³/mol. The fraction of sp³-hybridized carbons (Fsp3) is 0.625. The van der Waals surface area contributed by atoms with Crippen molar-refractivity contribution in [1.82, 2.24) is 14.3 Å². The minimum Gasteiger partial charge on any atom is -0.339 e. The third-order valence-corrected chi connectivity index (χ3v) is 4.95. The molecule has 1 aliphatic rings. The number of rotatable bonds is 4. The molecular formula is C8H12BrN3O2S. The second-order valence-corrected chi connectivity index (χ2v) is 6.09. The van der Waals surface area contributed by atoms with E-state index in [1.807, 2.05) is 0 Å². The molecule has 0 aromatic carbocycles. The molecule has 1 saturated carbocycles. The van der Waals surface area contributed by atoms with Gasteiger partial charge in [0.05, 0.1) is 6.33 Å². The first-order valence-electron chi connectivity index (χ1n) is 4.55. The molecule has 1 fully saturated rings. The summed E-state index contributed by atoms with van der Waals surface area (Å²) in [4.78, 5) is 3.83. The summed E-state index contributed by atoms with van der Waals surface area (Å²) >= 11 is 3.31. The molecule has 0 saturated heterocycles. The smallest absolute Gasteiger partial charge is 0.260 e. The van der Waals surface area contributed by atoms with Gasteiger partial charge in [-0.05, 0) is 12.8 Å². The maximum atomic E-state index is 11.9. The van der Waals surface area contributed by atoms with Crippen LogP contribution in [-0.2, 0) is 17.1 Å². The van der Waals surface area contributed by atoms with Gasteiger partial charge in [0.25, 0.3) is 10.0 Å². The third kappa shape index (κ3) is 2.24. The molecule has 1 N–H and O–H groups in total. The Balaban J connectivity index is 2.21. The Kier molecular flexibility index (Phi) is 2.64. The average molecular weight is 294 g/mol. The minimum absolute atomic E-state index is 0.0808. The van der Waals surface area contributed by atoms with Crippen molar-refractivity contribution in [2.24, 2.45) is 7.05 Å². The first kappa shape index (κ1) is 11.1. The van der Waals surface area contributed by atoms with Crippen molar-refractivity contribution in [2.45, 2.75) is 23.4 Å². The monoisotopic (exact) mass is 293 g/mol. The van der Waals surface area contributed by atoms with Crippen molar-refractivity contribution >= 4 is 26.0 Å². The molecule has 0 spiro atoms. The Morgan fingerprint density at radius 2 is 2.33 bits per heavy atom. The van der Waals surface area contributed by atoms with Crippen LogP contribution in [0.4, 0.5) is 0 Å². The zero-order valence-electron chi connectivity index (χ0n) is 8.27. The van der Waals surface area contributed by atoms with Crippen molar-refractivity contribution in [1.29, 1.82) is 0 Å². The molecule has 1 aromatic rings. The molecule has 0 bridgehead atoms. The van der Waals surface area contributed by atoms with Gasteiger partial charge >= 0.3 is 0 Å². The van der Waals surface area contributed by atoms with Crippen LogP contribution in [0.15, 0.2) is 17.6 Å². The zero-order valence-corrected chi connectivity index (χ0v) is 10.7. The lowest BCUT2D eigenvalue weighted by Gasteiger charge is -2.12. The van der Waals surface area contributed by atoms with Gasteiger partial charge in [-0.1, -0.05) is 15.9 Å². The van der Waals surface area contributed by atoms with Gasteiger partial charge in [-0.15, -0.1) is 0 Å². The summed E-state index contributed by atoms with van der Waals surface area (Å²) in [5, 5.41) is 0.726. The standard InChI is InChI=1S/C8H12BrN3O2S/c1-12-4-7(10-6-12)15(13,14)11-8(5-9)2-3-8/h4,6,11H,2-3,5H2,1H3. The fourth-order valence-electron chi connectivity index (χ4n) is 1.28. The molecule has 5 nitrogen and oxygen atoms in total. The summed E-state index contributed by atoms with van der Waals surface area (Å²) in [7, 11) is -1.72. The molecule has 0 radical (unpaired) electrons. The molecule has 0 atom stereocenters. The van der Waals surface area contributed by atoms with E-state index in [1.54, 1.807) is 11.6 Å². The first-order chi connectivity index (χ1) is 6.97. The van der Waals surface area contributed by atoms with Gasteiger partial charge in [-0.3, -0.25) is 0 Å². The van der Waals surface area contributed by atoms with Crippen LogP contribution in [0.1, 0.15) is 12.8 Å². The number of alkyl halides is 1. The number of hydrogen-bond donors (Lipinski definition) is 1. The number of halogens is 1.